The van der Waals surface area contributed by atoms with Crippen LogP contribution in [0.25, 0.3) is 0 Å². The Kier molecular flexibility index (Phi) is 4.12. The van der Waals surface area contributed by atoms with E-state index in [0.29, 0.717) is 0 Å². The van der Waals surface area contributed by atoms with Crippen molar-refractivity contribution in [3.8, 4) is 0 Å². The third kappa shape index (κ3) is 2.75. The van der Waals surface area contributed by atoms with Gasteiger partial charge >= 0.3 is 0 Å². The standard InChI is InChI=1S/C17H24OSi/c1-16(2,15-11-7-8-12-15)17(3,18-19)13-14-9-5-4-6-10-14/h4-7,9-12H,8,13H2,1-3,19H3. The van der Waals surface area contributed by atoms with Gasteiger partial charge in [-0.05, 0) is 24.5 Å². The van der Waals surface area contributed by atoms with Crippen molar-refractivity contribution >= 4 is 10.5 Å². The van der Waals surface area contributed by atoms with Gasteiger partial charge < -0.3 is 4.43 Å². The second-order valence-corrected chi connectivity index (χ2v) is 6.43. The lowest BCUT2D eigenvalue weighted by Crippen LogP contribution is -2.46. The molecule has 0 heterocycles. The van der Waals surface area contributed by atoms with E-state index in [-0.39, 0.29) is 11.0 Å². The van der Waals surface area contributed by atoms with Gasteiger partial charge in [-0.2, -0.15) is 0 Å². The van der Waals surface area contributed by atoms with Gasteiger partial charge in [0.15, 0.2) is 0 Å². The lowest BCUT2D eigenvalue weighted by atomic mass is 9.68. The largest absolute Gasteiger partial charge is 0.422 e. The molecule has 1 aliphatic carbocycles. The fourth-order valence-electron chi connectivity index (χ4n) is 2.76. The first kappa shape index (κ1) is 14.3. The maximum atomic E-state index is 6.08. The molecule has 0 bridgehead atoms. The highest BCUT2D eigenvalue weighted by atomic mass is 28.2. The van der Waals surface area contributed by atoms with Crippen LogP contribution in [0.1, 0.15) is 32.8 Å². The summed E-state index contributed by atoms with van der Waals surface area (Å²) in [5, 5.41) is 0. The lowest BCUT2D eigenvalue weighted by Gasteiger charge is -2.45. The minimum absolute atomic E-state index is 0.0254. The number of hydrogen-bond donors (Lipinski definition) is 0. The van der Waals surface area contributed by atoms with Crippen molar-refractivity contribution in [3.05, 3.63) is 59.7 Å². The predicted molar refractivity (Wildman–Crippen MR) is 85.2 cm³/mol. The molecule has 0 aromatic heterocycles. The molecule has 102 valence electrons. The van der Waals surface area contributed by atoms with Crippen LogP contribution < -0.4 is 0 Å². The Bertz CT molecular complexity index is 487. The Morgan fingerprint density at radius 2 is 1.84 bits per heavy atom. The number of rotatable bonds is 5. The van der Waals surface area contributed by atoms with E-state index in [1.807, 2.05) is 0 Å². The third-order valence-corrected chi connectivity index (χ3v) is 5.55. The van der Waals surface area contributed by atoms with Gasteiger partial charge in [0.1, 0.15) is 10.5 Å². The summed E-state index contributed by atoms with van der Waals surface area (Å²) in [7, 11) is 0.758. The Hall–Kier alpha value is -1.12. The number of allylic oxidation sites excluding steroid dienone is 3. The Balaban J connectivity index is 2.29. The molecule has 19 heavy (non-hydrogen) atoms. The topological polar surface area (TPSA) is 9.23 Å². The zero-order valence-electron chi connectivity index (χ0n) is 12.4. The monoisotopic (exact) mass is 272 g/mol. The van der Waals surface area contributed by atoms with Crippen molar-refractivity contribution in [2.24, 2.45) is 5.41 Å². The van der Waals surface area contributed by atoms with Crippen molar-refractivity contribution in [1.29, 1.82) is 0 Å². The van der Waals surface area contributed by atoms with E-state index in [4.69, 9.17) is 4.43 Å². The van der Waals surface area contributed by atoms with Crippen molar-refractivity contribution < 1.29 is 4.43 Å². The van der Waals surface area contributed by atoms with E-state index < -0.39 is 0 Å². The van der Waals surface area contributed by atoms with Gasteiger partial charge in [-0.25, -0.2) is 0 Å². The van der Waals surface area contributed by atoms with E-state index >= 15 is 0 Å². The molecule has 0 radical (unpaired) electrons. The van der Waals surface area contributed by atoms with Gasteiger partial charge in [0.25, 0.3) is 0 Å². The normalized spacial score (nSPS) is 18.4. The molecule has 0 saturated carbocycles. The summed E-state index contributed by atoms with van der Waals surface area (Å²) in [6.07, 6.45) is 8.82. The van der Waals surface area contributed by atoms with Crippen LogP contribution in [-0.2, 0) is 10.8 Å². The molecule has 1 unspecified atom stereocenters. The van der Waals surface area contributed by atoms with Gasteiger partial charge in [0.05, 0.1) is 5.60 Å². The first-order chi connectivity index (χ1) is 8.99. The Morgan fingerprint density at radius 3 is 2.37 bits per heavy atom. The van der Waals surface area contributed by atoms with Crippen molar-refractivity contribution in [3.63, 3.8) is 0 Å². The molecule has 0 saturated heterocycles. The number of benzene rings is 1. The summed E-state index contributed by atoms with van der Waals surface area (Å²) in [5.74, 6) is 0. The molecule has 2 heteroatoms. The van der Waals surface area contributed by atoms with Crippen molar-refractivity contribution in [1.82, 2.24) is 0 Å². The van der Waals surface area contributed by atoms with Gasteiger partial charge in [0.2, 0.25) is 0 Å². The van der Waals surface area contributed by atoms with E-state index in [0.717, 1.165) is 23.3 Å². The van der Waals surface area contributed by atoms with Crippen LogP contribution in [0, 0.1) is 5.41 Å². The number of hydrogen-bond acceptors (Lipinski definition) is 1. The summed E-state index contributed by atoms with van der Waals surface area (Å²) >= 11 is 0. The van der Waals surface area contributed by atoms with Gasteiger partial charge in [-0.3, -0.25) is 0 Å². The average molecular weight is 272 g/mol. The lowest BCUT2D eigenvalue weighted by molar-refractivity contribution is 0.00328. The summed E-state index contributed by atoms with van der Waals surface area (Å²) in [6.45, 7) is 6.85. The summed E-state index contributed by atoms with van der Waals surface area (Å²) in [4.78, 5) is 0. The molecular weight excluding hydrogens is 248 g/mol. The molecule has 0 amide bonds. The maximum absolute atomic E-state index is 6.08. The molecular formula is C17H24OSi. The quantitative estimate of drug-likeness (QED) is 0.748. The third-order valence-electron chi connectivity index (χ3n) is 4.65. The van der Waals surface area contributed by atoms with E-state index in [9.17, 15) is 0 Å². The second-order valence-electron chi connectivity index (χ2n) is 6.02. The highest BCUT2D eigenvalue weighted by molar-refractivity contribution is 5.98. The van der Waals surface area contributed by atoms with Crippen LogP contribution in [0.15, 0.2) is 54.1 Å². The molecule has 0 spiro atoms. The first-order valence-corrected chi connectivity index (χ1v) is 7.77. The van der Waals surface area contributed by atoms with E-state index in [1.165, 1.54) is 11.1 Å². The first-order valence-electron chi connectivity index (χ1n) is 6.96. The van der Waals surface area contributed by atoms with E-state index in [1.54, 1.807) is 0 Å². The molecule has 0 fully saturated rings. The van der Waals surface area contributed by atoms with E-state index in [2.05, 4.69) is 69.3 Å². The SMILES string of the molecule is CC(Cc1ccccc1)(O[SiH3])C(C)(C)C1=CCC=C1. The van der Waals surface area contributed by atoms with Crippen molar-refractivity contribution in [2.45, 2.75) is 39.2 Å². The van der Waals surface area contributed by atoms with Gasteiger partial charge in [-0.1, -0.05) is 62.4 Å². The van der Waals surface area contributed by atoms with Crippen LogP contribution in [0.3, 0.4) is 0 Å². The highest BCUT2D eigenvalue weighted by Crippen LogP contribution is 2.44. The predicted octanol–water partition coefficient (Wildman–Crippen LogP) is 3.20. The average Bonchev–Trinajstić information content (AvgIpc) is 2.94. The smallest absolute Gasteiger partial charge is 0.146 e. The molecule has 1 aromatic rings. The fraction of sp³-hybridized carbons (Fsp3) is 0.412. The molecule has 1 atom stereocenters. The minimum Gasteiger partial charge on any atom is -0.422 e. The molecule has 1 aliphatic rings. The highest BCUT2D eigenvalue weighted by Gasteiger charge is 2.42. The van der Waals surface area contributed by atoms with Crippen LogP contribution in [0.2, 0.25) is 0 Å². The van der Waals surface area contributed by atoms with Crippen LogP contribution >= 0.6 is 0 Å². The fourth-order valence-corrected chi connectivity index (χ4v) is 3.42. The van der Waals surface area contributed by atoms with Crippen LogP contribution in [0.4, 0.5) is 0 Å². The molecule has 0 aliphatic heterocycles. The second kappa shape index (κ2) is 5.47. The molecule has 2 rings (SSSR count). The molecule has 1 nitrogen and oxygen atoms in total. The van der Waals surface area contributed by atoms with Crippen LogP contribution in [0.5, 0.6) is 0 Å². The summed E-state index contributed by atoms with van der Waals surface area (Å²) < 4.78 is 6.08. The molecule has 1 aromatic carbocycles. The maximum Gasteiger partial charge on any atom is 0.146 e. The Morgan fingerprint density at radius 1 is 1.16 bits per heavy atom. The zero-order valence-corrected chi connectivity index (χ0v) is 14.4. The Labute approximate surface area is 119 Å². The van der Waals surface area contributed by atoms with Crippen LogP contribution in [-0.4, -0.2) is 16.1 Å². The summed E-state index contributed by atoms with van der Waals surface area (Å²) in [5.41, 5.74) is 2.62. The summed E-state index contributed by atoms with van der Waals surface area (Å²) in [6, 6.07) is 10.6. The van der Waals surface area contributed by atoms with Gasteiger partial charge in [0, 0.05) is 11.8 Å². The van der Waals surface area contributed by atoms with Crippen molar-refractivity contribution in [2.75, 3.05) is 0 Å². The molecule has 0 N–H and O–H groups in total. The minimum atomic E-state index is -0.152. The zero-order chi connectivity index (χ0) is 13.9. The van der Waals surface area contributed by atoms with Gasteiger partial charge in [-0.15, -0.1) is 0 Å².